The summed E-state index contributed by atoms with van der Waals surface area (Å²) in [6.45, 7) is 5.83. The minimum atomic E-state index is -3.50. The zero-order valence-corrected chi connectivity index (χ0v) is 24.6. The van der Waals surface area contributed by atoms with Crippen LogP contribution in [0.4, 0.5) is 21.9 Å². The maximum atomic E-state index is 13.3. The van der Waals surface area contributed by atoms with Gasteiger partial charge in [0.2, 0.25) is 5.91 Å². The van der Waals surface area contributed by atoms with Gasteiger partial charge in [0.1, 0.15) is 11.6 Å². The number of benzene rings is 2. The highest BCUT2D eigenvalue weighted by molar-refractivity contribution is 7.90. The molecular weight excluding hydrogens is 556 g/mol. The van der Waals surface area contributed by atoms with E-state index in [4.69, 9.17) is 4.74 Å². The van der Waals surface area contributed by atoms with Gasteiger partial charge in [0.05, 0.1) is 27.8 Å². The monoisotopic (exact) mass is 588 g/mol. The Hall–Kier alpha value is -4.58. The lowest BCUT2D eigenvalue weighted by Crippen LogP contribution is -2.45. The summed E-state index contributed by atoms with van der Waals surface area (Å²) in [7, 11) is -3.50. The summed E-state index contributed by atoms with van der Waals surface area (Å²) in [4.78, 5) is 40.6. The average molecular weight is 589 g/mol. The number of aromatic nitrogens is 3. The van der Waals surface area contributed by atoms with Crippen molar-refractivity contribution in [2.75, 3.05) is 23.4 Å². The van der Waals surface area contributed by atoms with Crippen LogP contribution in [0.15, 0.2) is 72.1 Å². The van der Waals surface area contributed by atoms with Crippen molar-refractivity contribution in [2.24, 2.45) is 0 Å². The number of hydrogen-bond acceptors (Lipinski definition) is 9. The number of anilines is 3. The Morgan fingerprint density at radius 3 is 2.57 bits per heavy atom. The van der Waals surface area contributed by atoms with Crippen molar-refractivity contribution < 1.29 is 22.7 Å². The fourth-order valence-corrected chi connectivity index (χ4v) is 5.70. The van der Waals surface area contributed by atoms with Crippen molar-refractivity contribution in [3.63, 3.8) is 0 Å². The summed E-state index contributed by atoms with van der Waals surface area (Å²) >= 11 is 0. The molecule has 3 heterocycles. The smallest absolute Gasteiger partial charge is 0.410 e. The first-order valence-corrected chi connectivity index (χ1v) is 15.3. The Balaban J connectivity index is 1.45. The molecule has 0 aliphatic carbocycles. The molecular formula is C30H32N6O5S. The zero-order valence-electron chi connectivity index (χ0n) is 23.8. The van der Waals surface area contributed by atoms with Crippen LogP contribution < -0.4 is 10.6 Å². The van der Waals surface area contributed by atoms with E-state index < -0.39 is 27.6 Å². The Labute approximate surface area is 244 Å². The third kappa shape index (κ3) is 6.49. The molecule has 1 unspecified atom stereocenters. The van der Waals surface area contributed by atoms with Crippen LogP contribution in [-0.2, 0) is 19.4 Å². The molecule has 0 radical (unpaired) electrons. The zero-order chi connectivity index (χ0) is 30.1. The Morgan fingerprint density at radius 1 is 1.02 bits per heavy atom. The van der Waals surface area contributed by atoms with E-state index in [1.165, 1.54) is 23.4 Å². The van der Waals surface area contributed by atoms with Gasteiger partial charge in [-0.2, -0.15) is 0 Å². The Kier molecular flexibility index (Phi) is 7.83. The van der Waals surface area contributed by atoms with Crippen LogP contribution in [0, 0.1) is 0 Å². The van der Waals surface area contributed by atoms with E-state index in [2.05, 4.69) is 25.6 Å². The maximum Gasteiger partial charge on any atom is 0.410 e. The largest absolute Gasteiger partial charge is 0.444 e. The minimum absolute atomic E-state index is 0.121. The second kappa shape index (κ2) is 11.4. The highest BCUT2D eigenvalue weighted by atomic mass is 32.2. The van der Waals surface area contributed by atoms with Crippen LogP contribution in [0.5, 0.6) is 0 Å². The summed E-state index contributed by atoms with van der Waals surface area (Å²) in [5.74, 6) is -0.291. The first kappa shape index (κ1) is 28.9. The molecule has 1 atom stereocenters. The van der Waals surface area contributed by atoms with Crippen LogP contribution in [0.2, 0.25) is 0 Å². The molecule has 2 aromatic carbocycles. The number of nitrogens with one attached hydrogen (secondary N) is 2. The van der Waals surface area contributed by atoms with Gasteiger partial charge in [-0.3, -0.25) is 24.6 Å². The molecule has 1 aliphatic heterocycles. The molecule has 42 heavy (non-hydrogen) atoms. The number of ether oxygens (including phenoxy) is 1. The normalized spacial score (nSPS) is 15.4. The fourth-order valence-electron chi connectivity index (χ4n) is 4.89. The Bertz CT molecular complexity index is 1770. The average Bonchev–Trinajstić information content (AvgIpc) is 3.42. The van der Waals surface area contributed by atoms with Gasteiger partial charge in [0, 0.05) is 48.3 Å². The van der Waals surface area contributed by atoms with E-state index in [9.17, 15) is 18.0 Å². The van der Waals surface area contributed by atoms with Crippen LogP contribution in [0.1, 0.15) is 33.6 Å². The third-order valence-corrected chi connectivity index (χ3v) is 7.81. The first-order chi connectivity index (χ1) is 19.9. The number of carbonyl (C=O) groups excluding carboxylic acids is 2. The lowest BCUT2D eigenvalue weighted by molar-refractivity contribution is -0.120. The highest BCUT2D eigenvalue weighted by Crippen LogP contribution is 2.34. The molecule has 12 heteroatoms. The van der Waals surface area contributed by atoms with Gasteiger partial charge in [-0.1, -0.05) is 12.1 Å². The van der Waals surface area contributed by atoms with Crippen molar-refractivity contribution in [2.45, 2.75) is 50.2 Å². The molecule has 0 bridgehead atoms. The molecule has 2 aromatic heterocycles. The molecule has 1 aliphatic rings. The van der Waals surface area contributed by atoms with Crippen LogP contribution >= 0.6 is 0 Å². The molecule has 1 saturated heterocycles. The molecule has 5 rings (SSSR count). The molecule has 1 fully saturated rings. The maximum absolute atomic E-state index is 13.3. The second-order valence-electron chi connectivity index (χ2n) is 11.1. The predicted octanol–water partition coefficient (Wildman–Crippen LogP) is 5.18. The van der Waals surface area contributed by atoms with Crippen LogP contribution in [0.25, 0.3) is 22.2 Å². The van der Waals surface area contributed by atoms with E-state index in [0.717, 1.165) is 17.4 Å². The molecule has 2 N–H and O–H groups in total. The molecule has 0 spiro atoms. The lowest BCUT2D eigenvalue weighted by atomic mass is 10.0. The Morgan fingerprint density at radius 2 is 1.81 bits per heavy atom. The minimum Gasteiger partial charge on any atom is -0.444 e. The number of likely N-dealkylation sites (tertiary alicyclic amines) is 1. The summed E-state index contributed by atoms with van der Waals surface area (Å²) in [6, 6.07) is 11.7. The van der Waals surface area contributed by atoms with Gasteiger partial charge in [0.15, 0.2) is 9.84 Å². The van der Waals surface area contributed by atoms with Crippen LogP contribution in [-0.4, -0.2) is 64.7 Å². The van der Waals surface area contributed by atoms with Crippen molar-refractivity contribution >= 4 is 49.9 Å². The van der Waals surface area contributed by atoms with Gasteiger partial charge in [-0.15, -0.1) is 0 Å². The number of amides is 2. The standard InChI is InChI=1S/C30H32N6O5S/c1-30(2,3)41-29(38)36-14-6-9-25(36)28(37)35-20-8-5-7-19(15-20)22-16-21(17-23-27(22)33-13-12-32-23)34-24-18-31-11-10-26(24)42(4,39)40/h5,7-8,10-13,15-18,25,34H,6,9,14H2,1-4H3,(H,35,37). The van der Waals surface area contributed by atoms with E-state index in [-0.39, 0.29) is 10.8 Å². The molecule has 2 amide bonds. The van der Waals surface area contributed by atoms with Gasteiger partial charge < -0.3 is 15.4 Å². The lowest BCUT2D eigenvalue weighted by Gasteiger charge is -2.28. The summed E-state index contributed by atoms with van der Waals surface area (Å²) < 4.78 is 30.2. The van der Waals surface area contributed by atoms with E-state index in [1.54, 1.807) is 45.3 Å². The van der Waals surface area contributed by atoms with Gasteiger partial charge >= 0.3 is 6.09 Å². The van der Waals surface area contributed by atoms with Gasteiger partial charge in [0.25, 0.3) is 0 Å². The predicted molar refractivity (Wildman–Crippen MR) is 160 cm³/mol. The molecule has 11 nitrogen and oxygen atoms in total. The summed E-state index contributed by atoms with van der Waals surface area (Å²) in [5.41, 5.74) is 3.52. The number of carbonyl (C=O) groups is 2. The van der Waals surface area contributed by atoms with Crippen molar-refractivity contribution in [1.29, 1.82) is 0 Å². The van der Waals surface area contributed by atoms with Gasteiger partial charge in [-0.25, -0.2) is 13.2 Å². The second-order valence-corrected chi connectivity index (χ2v) is 13.1. The summed E-state index contributed by atoms with van der Waals surface area (Å²) in [6.07, 6.45) is 7.95. The van der Waals surface area contributed by atoms with Crippen molar-refractivity contribution in [3.05, 3.63) is 67.3 Å². The van der Waals surface area contributed by atoms with Crippen molar-refractivity contribution in [1.82, 2.24) is 19.9 Å². The third-order valence-electron chi connectivity index (χ3n) is 6.66. The SMILES string of the molecule is CC(C)(C)OC(=O)N1CCCC1C(=O)Nc1cccc(-c2cc(Nc3cnccc3S(C)(=O)=O)cc3nccnc23)c1. The number of fused-ring (bicyclic) bond motifs is 1. The van der Waals surface area contributed by atoms with E-state index in [0.29, 0.717) is 47.5 Å². The van der Waals surface area contributed by atoms with E-state index >= 15 is 0 Å². The number of sulfone groups is 1. The first-order valence-electron chi connectivity index (χ1n) is 13.5. The summed E-state index contributed by atoms with van der Waals surface area (Å²) in [5, 5.41) is 6.12. The quantitative estimate of drug-likeness (QED) is 0.311. The number of nitrogens with zero attached hydrogens (tertiary/aromatic N) is 4. The highest BCUT2D eigenvalue weighted by Gasteiger charge is 2.36. The molecule has 4 aromatic rings. The van der Waals surface area contributed by atoms with Gasteiger partial charge in [-0.05, 0) is 69.5 Å². The molecule has 218 valence electrons. The molecule has 0 saturated carbocycles. The number of hydrogen-bond donors (Lipinski definition) is 2. The van der Waals surface area contributed by atoms with E-state index in [1.807, 2.05) is 24.3 Å². The number of rotatable bonds is 6. The van der Waals surface area contributed by atoms with Crippen LogP contribution in [0.3, 0.4) is 0 Å². The fraction of sp³-hybridized carbons (Fsp3) is 0.300. The van der Waals surface area contributed by atoms with Crippen molar-refractivity contribution in [3.8, 4) is 11.1 Å². The number of pyridine rings is 1. The topological polar surface area (TPSA) is 143 Å².